The summed E-state index contributed by atoms with van der Waals surface area (Å²) in [5.74, 6) is -0.566. The molecule has 0 aliphatic heterocycles. The third-order valence-electron chi connectivity index (χ3n) is 5.03. The van der Waals surface area contributed by atoms with E-state index in [-0.39, 0.29) is 23.1 Å². The Bertz CT molecular complexity index is 1280. The largest absolute Gasteiger partial charge is 0.332 e. The summed E-state index contributed by atoms with van der Waals surface area (Å²) < 4.78 is 3.79. The summed E-state index contributed by atoms with van der Waals surface area (Å²) in [7, 11) is 1.52. The van der Waals surface area contributed by atoms with Crippen LogP contribution in [-0.4, -0.2) is 19.6 Å². The lowest BCUT2D eigenvalue weighted by molar-refractivity contribution is 0.102. The van der Waals surface area contributed by atoms with E-state index >= 15 is 0 Å². The number of rotatable bonds is 6. The van der Waals surface area contributed by atoms with Crippen LogP contribution in [0.2, 0.25) is 0 Å². The molecule has 3 aromatic rings. The number of aromatic nitrogens is 3. The molecule has 1 aromatic carbocycles. The zero-order valence-corrected chi connectivity index (χ0v) is 17.7. The van der Waals surface area contributed by atoms with Gasteiger partial charge in [-0.25, -0.2) is 4.79 Å². The maximum Gasteiger partial charge on any atom is 0.332 e. The maximum atomic E-state index is 13.2. The van der Waals surface area contributed by atoms with Crippen LogP contribution < -0.4 is 22.1 Å². The number of carbonyl (C=O) groups is 1. The molecule has 0 spiro atoms. The molecule has 0 aliphatic carbocycles. The first kappa shape index (κ1) is 21.3. The first-order valence-corrected chi connectivity index (χ1v) is 10.1. The van der Waals surface area contributed by atoms with E-state index in [4.69, 9.17) is 0 Å². The predicted molar refractivity (Wildman–Crippen MR) is 117 cm³/mol. The number of amides is 1. The van der Waals surface area contributed by atoms with Crippen molar-refractivity contribution in [3.63, 3.8) is 0 Å². The fourth-order valence-corrected chi connectivity index (χ4v) is 3.56. The Balaban J connectivity index is 2.33. The second-order valence-corrected chi connectivity index (χ2v) is 7.37. The highest BCUT2D eigenvalue weighted by molar-refractivity contribution is 6.11. The quantitative estimate of drug-likeness (QED) is 0.674. The van der Waals surface area contributed by atoms with E-state index in [0.717, 1.165) is 10.1 Å². The molecule has 0 aliphatic rings. The van der Waals surface area contributed by atoms with E-state index in [0.29, 0.717) is 25.1 Å². The molecule has 0 radical (unpaired) electrons. The lowest BCUT2D eigenvalue weighted by Gasteiger charge is -2.17. The van der Waals surface area contributed by atoms with Gasteiger partial charge in [0.2, 0.25) is 0 Å². The predicted octanol–water partition coefficient (Wildman–Crippen LogP) is 2.24. The topological polar surface area (TPSA) is 95.1 Å². The van der Waals surface area contributed by atoms with Gasteiger partial charge in [-0.3, -0.25) is 28.1 Å². The fourth-order valence-electron chi connectivity index (χ4n) is 3.56. The van der Waals surface area contributed by atoms with Gasteiger partial charge in [-0.05, 0) is 31.9 Å². The number of hydrogen-bond donors (Lipinski definition) is 1. The molecule has 8 nitrogen and oxygen atoms in total. The van der Waals surface area contributed by atoms with E-state index in [1.165, 1.54) is 22.2 Å². The number of fused-ring (bicyclic) bond motifs is 1. The molecule has 0 fully saturated rings. The van der Waals surface area contributed by atoms with Gasteiger partial charge in [-0.2, -0.15) is 0 Å². The third-order valence-corrected chi connectivity index (χ3v) is 5.03. The molecule has 1 N–H and O–H groups in total. The van der Waals surface area contributed by atoms with Crippen molar-refractivity contribution in [2.24, 2.45) is 7.05 Å². The Morgan fingerprint density at radius 2 is 1.57 bits per heavy atom. The average molecular weight is 410 g/mol. The summed E-state index contributed by atoms with van der Waals surface area (Å²) in [6, 6.07) is 8.39. The number of aryl methyl sites for hydroxylation is 3. The molecule has 0 unspecified atom stereocenters. The van der Waals surface area contributed by atoms with Gasteiger partial charge in [0.1, 0.15) is 5.65 Å². The number of pyridine rings is 1. The highest BCUT2D eigenvalue weighted by Gasteiger charge is 2.22. The van der Waals surface area contributed by atoms with E-state index in [1.54, 1.807) is 12.1 Å². The van der Waals surface area contributed by atoms with Crippen molar-refractivity contribution in [1.82, 2.24) is 13.7 Å². The molecule has 3 rings (SSSR count). The standard InChI is InChI=1S/C22H26N4O4/c1-5-11-25-17(27)13-16(19(28)23-15-9-7-14(3)8-10-15)18-20(25)24(4)22(30)26(12-6-2)21(18)29/h7-10,13H,5-6,11-12H2,1-4H3,(H,23,28). The molecule has 1 amide bonds. The zero-order valence-electron chi connectivity index (χ0n) is 17.7. The Labute approximate surface area is 173 Å². The number of benzene rings is 1. The van der Waals surface area contributed by atoms with E-state index in [1.807, 2.05) is 32.9 Å². The van der Waals surface area contributed by atoms with Crippen LogP contribution in [0.1, 0.15) is 42.6 Å². The first-order chi connectivity index (χ1) is 14.3. The van der Waals surface area contributed by atoms with Crippen LogP contribution in [-0.2, 0) is 20.1 Å². The minimum atomic E-state index is -0.566. The summed E-state index contributed by atoms with van der Waals surface area (Å²) in [6.45, 7) is 6.25. The van der Waals surface area contributed by atoms with E-state index < -0.39 is 22.7 Å². The van der Waals surface area contributed by atoms with Crippen LogP contribution in [0.25, 0.3) is 11.0 Å². The molecule has 0 atom stereocenters. The number of anilines is 1. The summed E-state index contributed by atoms with van der Waals surface area (Å²) in [5, 5.41) is 2.82. The molecule has 2 heterocycles. The van der Waals surface area contributed by atoms with Crippen molar-refractivity contribution in [3.8, 4) is 0 Å². The lowest BCUT2D eigenvalue weighted by Crippen LogP contribution is -2.42. The Hall–Kier alpha value is -3.42. The fraction of sp³-hybridized carbons (Fsp3) is 0.364. The van der Waals surface area contributed by atoms with Crippen molar-refractivity contribution < 1.29 is 4.79 Å². The molecule has 158 valence electrons. The van der Waals surface area contributed by atoms with Crippen LogP contribution in [0, 0.1) is 6.92 Å². The van der Waals surface area contributed by atoms with Gasteiger partial charge in [0, 0.05) is 31.9 Å². The Kier molecular flexibility index (Phi) is 6.05. The zero-order chi connectivity index (χ0) is 22.0. The van der Waals surface area contributed by atoms with Gasteiger partial charge in [-0.15, -0.1) is 0 Å². The van der Waals surface area contributed by atoms with Gasteiger partial charge in [0.25, 0.3) is 17.0 Å². The van der Waals surface area contributed by atoms with Crippen LogP contribution in [0.5, 0.6) is 0 Å². The van der Waals surface area contributed by atoms with Gasteiger partial charge in [0.15, 0.2) is 0 Å². The molecule has 2 aromatic heterocycles. The normalized spacial score (nSPS) is 11.1. The molecular weight excluding hydrogens is 384 g/mol. The van der Waals surface area contributed by atoms with Crippen molar-refractivity contribution >= 4 is 22.6 Å². The third kappa shape index (κ3) is 3.72. The highest BCUT2D eigenvalue weighted by atomic mass is 16.2. The minimum absolute atomic E-state index is 0.0339. The first-order valence-electron chi connectivity index (χ1n) is 10.1. The van der Waals surface area contributed by atoms with Crippen LogP contribution >= 0.6 is 0 Å². The number of nitrogens with zero attached hydrogens (tertiary/aromatic N) is 3. The van der Waals surface area contributed by atoms with Crippen molar-refractivity contribution in [2.75, 3.05) is 5.32 Å². The van der Waals surface area contributed by atoms with E-state index in [2.05, 4.69) is 5.32 Å². The summed E-state index contributed by atoms with van der Waals surface area (Å²) in [4.78, 5) is 51.9. The van der Waals surface area contributed by atoms with Crippen molar-refractivity contribution in [2.45, 2.75) is 46.7 Å². The average Bonchev–Trinajstić information content (AvgIpc) is 2.72. The molecule has 0 saturated carbocycles. The Morgan fingerprint density at radius 1 is 0.967 bits per heavy atom. The van der Waals surface area contributed by atoms with Crippen molar-refractivity contribution in [1.29, 1.82) is 0 Å². The van der Waals surface area contributed by atoms with Gasteiger partial charge in [0.05, 0.1) is 10.9 Å². The molecule has 0 saturated heterocycles. The van der Waals surface area contributed by atoms with Gasteiger partial charge < -0.3 is 5.32 Å². The van der Waals surface area contributed by atoms with Crippen LogP contribution in [0.3, 0.4) is 0 Å². The minimum Gasteiger partial charge on any atom is -0.322 e. The smallest absolute Gasteiger partial charge is 0.322 e. The highest BCUT2D eigenvalue weighted by Crippen LogP contribution is 2.16. The Morgan fingerprint density at radius 3 is 2.17 bits per heavy atom. The maximum absolute atomic E-state index is 13.2. The van der Waals surface area contributed by atoms with Crippen LogP contribution in [0.4, 0.5) is 5.69 Å². The molecule has 30 heavy (non-hydrogen) atoms. The summed E-state index contributed by atoms with van der Waals surface area (Å²) >= 11 is 0. The van der Waals surface area contributed by atoms with Gasteiger partial charge in [-0.1, -0.05) is 31.5 Å². The number of hydrogen-bond acceptors (Lipinski definition) is 4. The second kappa shape index (κ2) is 8.52. The lowest BCUT2D eigenvalue weighted by atomic mass is 10.1. The monoisotopic (exact) mass is 410 g/mol. The van der Waals surface area contributed by atoms with Crippen LogP contribution in [0.15, 0.2) is 44.7 Å². The van der Waals surface area contributed by atoms with Gasteiger partial charge >= 0.3 is 5.69 Å². The molecular formula is C22H26N4O4. The number of nitrogens with one attached hydrogen (secondary N) is 1. The number of carbonyl (C=O) groups excluding carboxylic acids is 1. The summed E-state index contributed by atoms with van der Waals surface area (Å²) in [6.07, 6.45) is 1.22. The summed E-state index contributed by atoms with van der Waals surface area (Å²) in [5.41, 5.74) is 0.229. The molecule has 0 bridgehead atoms. The SMILES string of the molecule is CCCn1c(=O)c2c(C(=O)Nc3ccc(C)cc3)cc(=O)n(CCC)c2n(C)c1=O. The van der Waals surface area contributed by atoms with Crippen molar-refractivity contribution in [3.05, 3.63) is 72.7 Å². The van der Waals surface area contributed by atoms with E-state index in [9.17, 15) is 19.2 Å². The second-order valence-electron chi connectivity index (χ2n) is 7.37. The molecule has 8 heteroatoms.